The second-order valence-corrected chi connectivity index (χ2v) is 23.3. The highest BCUT2D eigenvalue weighted by molar-refractivity contribution is 7.89. The number of carbonyl (C=O) groups is 1. The Bertz CT molecular complexity index is 2270. The number of amides is 1. The monoisotopic (exact) mass is 970 g/mol. The third-order valence-corrected chi connectivity index (χ3v) is 15.6. The number of sulfonamides is 2. The number of nitrogens with zero attached hydrogens (tertiary/aromatic N) is 3. The molecule has 5 atom stereocenters. The van der Waals surface area contributed by atoms with E-state index >= 15 is 0 Å². The largest absolute Gasteiger partial charge is 0.443 e. The molecule has 2 aliphatic heterocycles. The van der Waals surface area contributed by atoms with Gasteiger partial charge in [-0.2, -0.15) is 13.9 Å². The summed E-state index contributed by atoms with van der Waals surface area (Å²) < 4.78 is 74.0. The van der Waals surface area contributed by atoms with Gasteiger partial charge in [0.05, 0.1) is 47.1 Å². The lowest BCUT2D eigenvalue weighted by Crippen LogP contribution is -2.52. The first-order chi connectivity index (χ1) is 31.6. The average Bonchev–Trinajstić information content (AvgIpc) is 3.92. The molecule has 2 fully saturated rings. The number of aliphatic hydroxyl groups excluding tert-OH is 1. The average molecular weight is 970 g/mol. The minimum absolute atomic E-state index is 0.0482. The Labute approximate surface area is 400 Å². The molecule has 67 heavy (non-hydrogen) atoms. The van der Waals surface area contributed by atoms with Gasteiger partial charge in [0.1, 0.15) is 6.10 Å². The first kappa shape index (κ1) is 55.3. The molecule has 6 N–H and O–H groups in total. The van der Waals surface area contributed by atoms with Crippen LogP contribution in [0.4, 0.5) is 16.2 Å². The molecule has 2 saturated heterocycles. The molecular formula is C49H75N7O9S2. The van der Waals surface area contributed by atoms with Crippen molar-refractivity contribution in [2.75, 3.05) is 70.7 Å². The Morgan fingerprint density at radius 3 is 1.97 bits per heavy atom. The van der Waals surface area contributed by atoms with Crippen LogP contribution in [0.3, 0.4) is 0 Å². The SMILES string of the molecule is CNc1cccc(S(=O)(=O)N(CC(C)C)CC(C)(C)CCCN)c1.CNc1cccc(S(=O)(=O)N(C[C@@H](O)[C@H](Cc2ccccc2)NC(=O)O[C@H]2CO[C@H]3OCC[C@H]32)CC(C)(C)CCC#N)c1. The summed E-state index contributed by atoms with van der Waals surface area (Å²) in [5.74, 6) is 0.213. The molecule has 0 saturated carbocycles. The Balaban J connectivity index is 0.000000346. The summed E-state index contributed by atoms with van der Waals surface area (Å²) in [6.07, 6.45) is 0.650. The Morgan fingerprint density at radius 1 is 0.866 bits per heavy atom. The van der Waals surface area contributed by atoms with Crippen LogP contribution < -0.4 is 21.7 Å². The van der Waals surface area contributed by atoms with Crippen LogP contribution in [-0.2, 0) is 40.7 Å². The summed E-state index contributed by atoms with van der Waals surface area (Å²) in [4.78, 5) is 13.5. The lowest BCUT2D eigenvalue weighted by molar-refractivity contribution is -0.0907. The number of alkyl carbamates (subject to hydrolysis) is 1. The molecular weight excluding hydrogens is 895 g/mol. The van der Waals surface area contributed by atoms with Crippen molar-refractivity contribution >= 4 is 37.5 Å². The third kappa shape index (κ3) is 16.7. The fourth-order valence-electron chi connectivity index (χ4n) is 8.27. The number of nitriles is 1. The molecule has 2 aliphatic rings. The minimum Gasteiger partial charge on any atom is -0.443 e. The van der Waals surface area contributed by atoms with Gasteiger partial charge in [0, 0.05) is 58.1 Å². The maximum absolute atomic E-state index is 14.0. The maximum atomic E-state index is 14.0. The second-order valence-electron chi connectivity index (χ2n) is 19.4. The number of nitrogens with one attached hydrogen (secondary N) is 3. The smallest absolute Gasteiger partial charge is 0.407 e. The zero-order valence-corrected chi connectivity index (χ0v) is 42.2. The quantitative estimate of drug-likeness (QED) is 0.0635. The molecule has 0 spiro atoms. The Morgan fingerprint density at radius 2 is 1.43 bits per heavy atom. The summed E-state index contributed by atoms with van der Waals surface area (Å²) >= 11 is 0. The highest BCUT2D eigenvalue weighted by atomic mass is 32.2. The lowest BCUT2D eigenvalue weighted by atomic mass is 9.87. The number of hydrogen-bond acceptors (Lipinski definition) is 13. The Kier molecular flexibility index (Phi) is 20.9. The van der Waals surface area contributed by atoms with Gasteiger partial charge in [-0.05, 0) is 97.4 Å². The van der Waals surface area contributed by atoms with Crippen molar-refractivity contribution in [3.8, 4) is 6.07 Å². The lowest BCUT2D eigenvalue weighted by Gasteiger charge is -2.35. The summed E-state index contributed by atoms with van der Waals surface area (Å²) in [7, 11) is -4.11. The van der Waals surface area contributed by atoms with Gasteiger partial charge >= 0.3 is 6.09 Å². The molecule has 0 aliphatic carbocycles. The molecule has 0 unspecified atom stereocenters. The number of hydrogen-bond donors (Lipinski definition) is 5. The van der Waals surface area contributed by atoms with E-state index in [2.05, 4.69) is 35.9 Å². The van der Waals surface area contributed by atoms with Crippen molar-refractivity contribution in [2.45, 2.75) is 114 Å². The molecule has 372 valence electrons. The predicted octanol–water partition coefficient (Wildman–Crippen LogP) is 6.65. The van der Waals surface area contributed by atoms with Gasteiger partial charge in [0.2, 0.25) is 20.0 Å². The summed E-state index contributed by atoms with van der Waals surface area (Å²) in [5.41, 5.74) is 7.22. The highest BCUT2D eigenvalue weighted by Gasteiger charge is 2.44. The van der Waals surface area contributed by atoms with E-state index in [1.54, 1.807) is 48.7 Å². The fourth-order valence-corrected chi connectivity index (χ4v) is 11.8. The van der Waals surface area contributed by atoms with Crippen LogP contribution in [0.5, 0.6) is 0 Å². The first-order valence-electron chi connectivity index (χ1n) is 23.2. The van der Waals surface area contributed by atoms with Crippen LogP contribution in [0.15, 0.2) is 88.7 Å². The van der Waals surface area contributed by atoms with E-state index in [-0.39, 0.29) is 61.0 Å². The van der Waals surface area contributed by atoms with Gasteiger partial charge in [0.25, 0.3) is 0 Å². The summed E-state index contributed by atoms with van der Waals surface area (Å²) in [6, 6.07) is 24.0. The molecule has 2 heterocycles. The topological polar surface area (TPSA) is 226 Å². The van der Waals surface area contributed by atoms with Crippen LogP contribution >= 0.6 is 0 Å². The van der Waals surface area contributed by atoms with E-state index in [1.807, 2.05) is 64.1 Å². The van der Waals surface area contributed by atoms with E-state index in [9.17, 15) is 26.7 Å². The van der Waals surface area contributed by atoms with Crippen molar-refractivity contribution in [3.05, 3.63) is 84.4 Å². The Hall–Kier alpha value is -4.32. The zero-order chi connectivity index (χ0) is 49.4. The second kappa shape index (κ2) is 25.3. The minimum atomic E-state index is -4.07. The normalized spacial score (nSPS) is 18.4. The van der Waals surface area contributed by atoms with Gasteiger partial charge in [-0.3, -0.25) is 0 Å². The van der Waals surface area contributed by atoms with Gasteiger partial charge in [-0.15, -0.1) is 0 Å². The molecule has 18 heteroatoms. The van der Waals surface area contributed by atoms with E-state index in [0.717, 1.165) is 30.5 Å². The summed E-state index contributed by atoms with van der Waals surface area (Å²) in [5, 5.41) is 29.5. The number of carbonyl (C=O) groups excluding carboxylic acids is 1. The molecule has 0 bridgehead atoms. The van der Waals surface area contributed by atoms with Crippen molar-refractivity contribution < 1.29 is 40.9 Å². The molecule has 0 aromatic heterocycles. The number of rotatable bonds is 24. The van der Waals surface area contributed by atoms with Crippen LogP contribution in [0, 0.1) is 34.0 Å². The molecule has 3 aromatic carbocycles. The van der Waals surface area contributed by atoms with E-state index in [4.69, 9.17) is 25.2 Å². The number of nitrogens with two attached hydrogens (primary N) is 1. The van der Waals surface area contributed by atoms with Crippen molar-refractivity contribution in [3.63, 3.8) is 0 Å². The van der Waals surface area contributed by atoms with Crippen molar-refractivity contribution in [1.29, 1.82) is 5.26 Å². The highest BCUT2D eigenvalue weighted by Crippen LogP contribution is 2.34. The van der Waals surface area contributed by atoms with Gasteiger partial charge in [-0.25, -0.2) is 21.6 Å². The molecule has 0 radical (unpaired) electrons. The molecule has 16 nitrogen and oxygen atoms in total. The summed E-state index contributed by atoms with van der Waals surface area (Å²) in [6.45, 7) is 14.3. The fraction of sp³-hybridized carbons (Fsp3) is 0.592. The van der Waals surface area contributed by atoms with E-state index in [1.165, 1.54) is 16.4 Å². The van der Waals surface area contributed by atoms with Crippen LogP contribution in [0.1, 0.15) is 79.2 Å². The molecule has 3 aromatic rings. The maximum Gasteiger partial charge on any atom is 0.407 e. The van der Waals surface area contributed by atoms with Crippen molar-refractivity contribution in [2.24, 2.45) is 28.4 Å². The van der Waals surface area contributed by atoms with E-state index in [0.29, 0.717) is 43.2 Å². The van der Waals surface area contributed by atoms with Crippen LogP contribution in [-0.4, -0.2) is 121 Å². The number of anilines is 2. The van der Waals surface area contributed by atoms with Crippen LogP contribution in [0.25, 0.3) is 0 Å². The van der Waals surface area contributed by atoms with Gasteiger partial charge < -0.3 is 41.0 Å². The molecule has 1 amide bonds. The number of benzene rings is 3. The van der Waals surface area contributed by atoms with Gasteiger partial charge in [-0.1, -0.05) is 84.0 Å². The van der Waals surface area contributed by atoms with Crippen LogP contribution in [0.2, 0.25) is 0 Å². The van der Waals surface area contributed by atoms with Crippen molar-refractivity contribution in [1.82, 2.24) is 13.9 Å². The third-order valence-electron chi connectivity index (χ3n) is 12.0. The first-order valence-corrected chi connectivity index (χ1v) is 26.1. The zero-order valence-electron chi connectivity index (χ0n) is 40.6. The standard InChI is InChI=1S/C31H42N4O7S.C18H33N3O2S/c1-31(2,14-8-15-32)21-35(43(38,39)24-12-7-11-23(18-24)33-3)19-27(36)26(17-22-9-5-4-6-10-22)34-30(37)42-28-20-41-29-25(28)13-16-40-29;1-15(2)13-21(14-18(3,4)10-7-11-19)24(22,23)17-9-6-8-16(12-17)20-5/h4-7,9-12,18,25-29,33,36H,8,13-14,16-17,19-21H2,1-3H3,(H,34,37);6,8-9,12,15,20H,7,10-11,13-14,19H2,1-5H3/t25-,26-,27+,28-,29+;/m0./s1. The number of ether oxygens (including phenoxy) is 3. The molecule has 5 rings (SSSR count). The predicted molar refractivity (Wildman–Crippen MR) is 262 cm³/mol. The number of aliphatic hydroxyl groups is 1. The van der Waals surface area contributed by atoms with E-state index < -0.39 is 49.8 Å². The number of fused-ring (bicyclic) bond motifs is 1. The van der Waals surface area contributed by atoms with Gasteiger partial charge in [0.15, 0.2) is 6.29 Å².